The number of aliphatic imine (C=N–C) groups is 1. The van der Waals surface area contributed by atoms with Gasteiger partial charge in [-0.15, -0.1) is 4.98 Å². The summed E-state index contributed by atoms with van der Waals surface area (Å²) in [6, 6.07) is 5.17. The van der Waals surface area contributed by atoms with Gasteiger partial charge in [0.2, 0.25) is 16.0 Å². The molecule has 2 rings (SSSR count). The predicted octanol–water partition coefficient (Wildman–Crippen LogP) is -2.63. The van der Waals surface area contributed by atoms with Crippen molar-refractivity contribution < 1.29 is 41.6 Å². The van der Waals surface area contributed by atoms with Gasteiger partial charge >= 0.3 is 11.9 Å². The summed E-state index contributed by atoms with van der Waals surface area (Å²) in [6.07, 6.45) is 2.46. The minimum atomic E-state index is -4.05. The van der Waals surface area contributed by atoms with Gasteiger partial charge in [0, 0.05) is 43.1 Å². The van der Waals surface area contributed by atoms with Crippen molar-refractivity contribution in [1.82, 2.24) is 19.7 Å². The SMILES string of the molecule is CCCCNS(=O)(=O)c1cccc(S(=O)(=O)NC(=NC)NCCSCc2csc([NH+]=C(N)N)n2)c1.O=C([O-])/C=C/C(=O)O. The maximum atomic E-state index is 12.8. The van der Waals surface area contributed by atoms with Crippen LogP contribution < -0.4 is 36.3 Å². The van der Waals surface area contributed by atoms with Crippen LogP contribution in [0.1, 0.15) is 25.5 Å². The molecule has 0 saturated heterocycles. The highest BCUT2D eigenvalue weighted by Crippen LogP contribution is 2.17. The lowest BCUT2D eigenvalue weighted by atomic mass is 10.3. The Morgan fingerprint density at radius 1 is 1.16 bits per heavy atom. The molecule has 0 radical (unpaired) electrons. The summed E-state index contributed by atoms with van der Waals surface area (Å²) in [7, 11) is -6.42. The van der Waals surface area contributed by atoms with E-state index in [1.165, 1.54) is 36.6 Å². The van der Waals surface area contributed by atoms with Gasteiger partial charge in [-0.1, -0.05) is 30.7 Å². The number of aromatic nitrogens is 1. The van der Waals surface area contributed by atoms with Gasteiger partial charge in [0.15, 0.2) is 0 Å². The lowest BCUT2D eigenvalue weighted by molar-refractivity contribution is -0.355. The number of aliphatic carboxylic acids is 2. The van der Waals surface area contributed by atoms with Crippen LogP contribution >= 0.6 is 23.1 Å². The van der Waals surface area contributed by atoms with E-state index in [9.17, 15) is 31.5 Å². The summed E-state index contributed by atoms with van der Waals surface area (Å²) in [4.78, 5) is 29.7. The third-order valence-electron chi connectivity index (χ3n) is 4.66. The maximum absolute atomic E-state index is 12.8. The first-order valence-corrected chi connectivity index (χ1v) is 17.3. The van der Waals surface area contributed by atoms with E-state index in [-0.39, 0.29) is 28.3 Å². The Labute approximate surface area is 257 Å². The smallest absolute Gasteiger partial charge is 0.328 e. The molecule has 9 N–H and O–H groups in total. The number of thioether (sulfide) groups is 1. The first kappa shape index (κ1) is 37.3. The Morgan fingerprint density at radius 3 is 2.40 bits per heavy atom. The largest absolute Gasteiger partial charge is 0.545 e. The van der Waals surface area contributed by atoms with Crippen LogP contribution in [0.15, 0.2) is 56.6 Å². The van der Waals surface area contributed by atoms with Crippen LogP contribution in [0.3, 0.4) is 0 Å². The average molecular weight is 679 g/mol. The number of rotatable bonds is 15. The zero-order valence-corrected chi connectivity index (χ0v) is 26.5. The molecule has 1 aromatic carbocycles. The number of hydrogen-bond acceptors (Lipinski definition) is 11. The number of carbonyl (C=O) groups excluding carboxylic acids is 1. The molecule has 1 aromatic heterocycles. The van der Waals surface area contributed by atoms with Gasteiger partial charge in [-0.3, -0.25) is 4.99 Å². The highest BCUT2D eigenvalue weighted by atomic mass is 32.2. The number of hydrogen-bond donors (Lipinski definition) is 7. The summed E-state index contributed by atoms with van der Waals surface area (Å²) in [5.74, 6) is -1.37. The van der Waals surface area contributed by atoms with Crippen LogP contribution in [0.2, 0.25) is 0 Å². The zero-order chi connectivity index (χ0) is 32.5. The lowest BCUT2D eigenvalue weighted by Crippen LogP contribution is -2.72. The number of carboxylic acid groups (broad SMARTS) is 2. The number of unbranched alkanes of at least 4 members (excludes halogenated alkanes) is 1. The molecular weight excluding hydrogens is 645 g/mol. The lowest BCUT2D eigenvalue weighted by Gasteiger charge is -2.13. The van der Waals surface area contributed by atoms with Crippen LogP contribution in [0, 0.1) is 0 Å². The number of guanidine groups is 2. The quantitative estimate of drug-likeness (QED) is 0.0440. The fourth-order valence-electron chi connectivity index (χ4n) is 2.73. The molecule has 0 amide bonds. The number of nitrogens with zero attached hydrogens (tertiary/aromatic N) is 2. The third-order valence-corrected chi connectivity index (χ3v) is 9.25. The number of carbonyl (C=O) groups is 2. The number of thiazole rings is 1. The van der Waals surface area contributed by atoms with E-state index in [2.05, 4.69) is 29.7 Å². The van der Waals surface area contributed by atoms with Crippen molar-refractivity contribution >= 4 is 72.1 Å². The normalized spacial score (nSPS) is 11.8. The molecule has 20 heteroatoms. The van der Waals surface area contributed by atoms with Gasteiger partial charge in [0.05, 0.1) is 15.8 Å². The second-order valence-electron chi connectivity index (χ2n) is 8.10. The van der Waals surface area contributed by atoms with Crippen molar-refractivity contribution in [2.24, 2.45) is 16.5 Å². The number of nitrogens with one attached hydrogen (secondary N) is 4. The van der Waals surface area contributed by atoms with Gasteiger partial charge in [0.25, 0.3) is 15.2 Å². The minimum absolute atomic E-state index is 0.0500. The van der Waals surface area contributed by atoms with Gasteiger partial charge in [-0.05, 0) is 30.7 Å². The van der Waals surface area contributed by atoms with E-state index in [0.29, 0.717) is 41.8 Å². The summed E-state index contributed by atoms with van der Waals surface area (Å²) in [5, 5.41) is 22.7. The Kier molecular flexibility index (Phi) is 16.3. The van der Waals surface area contributed by atoms with Crippen molar-refractivity contribution in [2.75, 3.05) is 25.9 Å². The van der Waals surface area contributed by atoms with Crippen LogP contribution in [0.4, 0.5) is 5.13 Å². The van der Waals surface area contributed by atoms with Crippen molar-refractivity contribution in [3.63, 3.8) is 0 Å². The van der Waals surface area contributed by atoms with E-state index < -0.39 is 32.0 Å². The molecular formula is C23H34N8O8S4. The van der Waals surface area contributed by atoms with E-state index in [1.54, 1.807) is 11.8 Å². The fraction of sp³-hybridized carbons (Fsp3) is 0.348. The molecule has 0 unspecified atom stereocenters. The summed E-state index contributed by atoms with van der Waals surface area (Å²) < 4.78 is 55.3. The Bertz CT molecular complexity index is 1500. The Balaban J connectivity index is 0.00000101. The molecule has 2 aromatic rings. The highest BCUT2D eigenvalue weighted by molar-refractivity contribution is 7.98. The minimum Gasteiger partial charge on any atom is -0.545 e. The van der Waals surface area contributed by atoms with E-state index >= 15 is 0 Å². The first-order valence-electron chi connectivity index (χ1n) is 12.3. The van der Waals surface area contributed by atoms with Gasteiger partial charge in [-0.2, -0.15) is 11.8 Å². The van der Waals surface area contributed by atoms with Gasteiger partial charge in [-0.25, -0.2) is 36.1 Å². The summed E-state index contributed by atoms with van der Waals surface area (Å²) in [6.45, 7) is 2.67. The monoisotopic (exact) mass is 678 g/mol. The molecule has 0 aliphatic carbocycles. The highest BCUT2D eigenvalue weighted by Gasteiger charge is 2.20. The molecule has 238 valence electrons. The first-order chi connectivity index (χ1) is 20.2. The van der Waals surface area contributed by atoms with Crippen molar-refractivity contribution in [2.45, 2.75) is 35.3 Å². The molecule has 0 aliphatic rings. The average Bonchev–Trinajstić information content (AvgIpc) is 3.37. The Hall–Kier alpha value is -3.72. The molecule has 0 atom stereocenters. The van der Waals surface area contributed by atoms with Gasteiger partial charge in [0.1, 0.15) is 5.69 Å². The fourth-order valence-corrected chi connectivity index (χ4v) is 6.59. The molecule has 43 heavy (non-hydrogen) atoms. The van der Waals surface area contributed by atoms with E-state index in [4.69, 9.17) is 16.6 Å². The second kappa shape index (κ2) is 18.7. The summed E-state index contributed by atoms with van der Waals surface area (Å²) in [5.41, 5.74) is 11.7. The predicted molar refractivity (Wildman–Crippen MR) is 162 cm³/mol. The molecule has 0 aliphatic heterocycles. The molecule has 0 fully saturated rings. The molecule has 0 bridgehead atoms. The second-order valence-corrected chi connectivity index (χ2v) is 13.5. The topological polar surface area (TPSA) is 273 Å². The van der Waals surface area contributed by atoms with Crippen molar-refractivity contribution in [3.8, 4) is 0 Å². The van der Waals surface area contributed by atoms with Gasteiger partial charge < -0.3 is 31.8 Å². The van der Waals surface area contributed by atoms with Crippen LogP contribution in [0.5, 0.6) is 0 Å². The van der Waals surface area contributed by atoms with Crippen molar-refractivity contribution in [1.29, 1.82) is 0 Å². The van der Waals surface area contributed by atoms with Crippen LogP contribution in [-0.4, -0.2) is 76.7 Å². The van der Waals surface area contributed by atoms with Crippen molar-refractivity contribution in [3.05, 3.63) is 47.5 Å². The summed E-state index contributed by atoms with van der Waals surface area (Å²) >= 11 is 2.99. The zero-order valence-electron chi connectivity index (χ0n) is 23.3. The molecule has 16 nitrogen and oxygen atoms in total. The molecule has 0 spiro atoms. The number of benzene rings is 1. The van der Waals surface area contributed by atoms with Crippen LogP contribution in [0.25, 0.3) is 0 Å². The molecule has 0 saturated carbocycles. The van der Waals surface area contributed by atoms with Crippen LogP contribution in [-0.2, 0) is 35.4 Å². The number of nitrogens with two attached hydrogens (primary N) is 2. The van der Waals surface area contributed by atoms with E-state index in [0.717, 1.165) is 18.2 Å². The maximum Gasteiger partial charge on any atom is 0.328 e. The molecule has 1 heterocycles. The third kappa shape index (κ3) is 15.4. The standard InChI is InChI=1S/C19H30N8O4S4.C4H4O4/c1-3-4-8-24-34(28,29)15-6-5-7-16(11-15)35(30,31)27-18(22-2)23-9-10-32-12-14-13-33-19(25-14)26-17(20)21;5-3(6)1-2-4(7)8/h5-7,11,13,24H,3-4,8-10,12H2,1-2H3,(H2,22,23,27)(H4,20,21,25,26);1-2H,(H,5,6)(H,7,8)/b;2-1+. The Morgan fingerprint density at radius 2 is 1.84 bits per heavy atom. The number of sulfonamides is 2. The number of carboxylic acids is 2. The van der Waals surface area contributed by atoms with E-state index in [1.807, 2.05) is 12.3 Å².